The fourth-order valence-corrected chi connectivity index (χ4v) is 2.94. The largest absolute Gasteiger partial charge is 0.324 e. The van der Waals surface area contributed by atoms with Crippen molar-refractivity contribution >= 4 is 11.8 Å². The van der Waals surface area contributed by atoms with Crippen LogP contribution in [0, 0.1) is 13.8 Å². The summed E-state index contributed by atoms with van der Waals surface area (Å²) < 4.78 is 0. The topological polar surface area (TPSA) is 26.0 Å². The molecule has 0 aliphatic heterocycles. The van der Waals surface area contributed by atoms with Gasteiger partial charge < -0.3 is 5.73 Å². The maximum atomic E-state index is 6.03. The first-order chi connectivity index (χ1) is 9.10. The number of aryl methyl sites for hydroxylation is 2. The van der Waals surface area contributed by atoms with Gasteiger partial charge in [-0.3, -0.25) is 0 Å². The molecule has 0 saturated heterocycles. The van der Waals surface area contributed by atoms with Crippen LogP contribution in [0.5, 0.6) is 0 Å². The van der Waals surface area contributed by atoms with Gasteiger partial charge in [-0.15, -0.1) is 0 Å². The lowest BCUT2D eigenvalue weighted by Crippen LogP contribution is -2.07. The van der Waals surface area contributed by atoms with Crippen LogP contribution in [0.3, 0.4) is 0 Å². The Hall–Kier alpha value is -1.25. The third kappa shape index (κ3) is 3.62. The molecule has 2 aromatic rings. The van der Waals surface area contributed by atoms with E-state index < -0.39 is 0 Å². The highest BCUT2D eigenvalue weighted by atomic mass is 32.2. The average molecular weight is 271 g/mol. The fraction of sp³-hybridized carbons (Fsp3) is 0.294. The van der Waals surface area contributed by atoms with E-state index in [9.17, 15) is 0 Å². The van der Waals surface area contributed by atoms with Crippen LogP contribution in [0.25, 0.3) is 0 Å². The Labute approximate surface area is 120 Å². The Morgan fingerprint density at radius 1 is 1.05 bits per heavy atom. The van der Waals surface area contributed by atoms with Gasteiger partial charge in [-0.05, 0) is 49.6 Å². The molecule has 0 spiro atoms. The van der Waals surface area contributed by atoms with Crippen molar-refractivity contribution in [1.29, 1.82) is 0 Å². The second-order valence-corrected chi connectivity index (χ2v) is 6.07. The lowest BCUT2D eigenvalue weighted by Gasteiger charge is -2.10. The van der Waals surface area contributed by atoms with Crippen molar-refractivity contribution < 1.29 is 0 Å². The van der Waals surface area contributed by atoms with E-state index in [0.29, 0.717) is 0 Å². The van der Waals surface area contributed by atoms with Crippen molar-refractivity contribution in [2.75, 3.05) is 0 Å². The molecule has 2 rings (SSSR count). The van der Waals surface area contributed by atoms with E-state index in [4.69, 9.17) is 5.73 Å². The van der Waals surface area contributed by atoms with Crippen LogP contribution < -0.4 is 5.73 Å². The predicted octanol–water partition coefficient (Wildman–Crippen LogP) is 4.86. The molecule has 0 saturated carbocycles. The summed E-state index contributed by atoms with van der Waals surface area (Å²) in [6.07, 6.45) is 0.976. The van der Waals surface area contributed by atoms with Crippen LogP contribution in [0.15, 0.2) is 52.3 Å². The lowest BCUT2D eigenvalue weighted by atomic mass is 10.1. The zero-order valence-corrected chi connectivity index (χ0v) is 12.6. The standard InChI is InChI=1S/C17H21NS/c1-4-16(18)14-6-8-15(9-7-14)19-17-10-5-12(2)11-13(17)3/h5-11,16H,4,18H2,1-3H3/t16-/m0/s1. The molecule has 0 fully saturated rings. The molecule has 0 aliphatic rings. The van der Waals surface area contributed by atoms with Gasteiger partial charge in [0.2, 0.25) is 0 Å². The number of nitrogens with two attached hydrogens (primary N) is 1. The van der Waals surface area contributed by atoms with Crippen LogP contribution in [-0.4, -0.2) is 0 Å². The van der Waals surface area contributed by atoms with E-state index in [1.165, 1.54) is 26.5 Å². The highest BCUT2D eigenvalue weighted by molar-refractivity contribution is 7.99. The zero-order chi connectivity index (χ0) is 13.8. The van der Waals surface area contributed by atoms with Crippen LogP contribution in [0.2, 0.25) is 0 Å². The van der Waals surface area contributed by atoms with E-state index >= 15 is 0 Å². The van der Waals surface area contributed by atoms with E-state index in [0.717, 1.165) is 6.42 Å². The molecule has 1 nitrogen and oxygen atoms in total. The molecular weight excluding hydrogens is 250 g/mol. The minimum absolute atomic E-state index is 0.153. The molecule has 1 atom stereocenters. The Morgan fingerprint density at radius 2 is 1.74 bits per heavy atom. The summed E-state index contributed by atoms with van der Waals surface area (Å²) in [5.41, 5.74) is 9.89. The van der Waals surface area contributed by atoms with Gasteiger partial charge in [0.25, 0.3) is 0 Å². The number of benzene rings is 2. The Bertz CT molecular complexity index is 546. The molecule has 2 N–H and O–H groups in total. The summed E-state index contributed by atoms with van der Waals surface area (Å²) in [5, 5.41) is 0. The monoisotopic (exact) mass is 271 g/mol. The molecule has 0 amide bonds. The molecular formula is C17H21NS. The average Bonchev–Trinajstić information content (AvgIpc) is 2.42. The highest BCUT2D eigenvalue weighted by Gasteiger charge is 2.05. The third-order valence-electron chi connectivity index (χ3n) is 3.31. The van der Waals surface area contributed by atoms with Crippen LogP contribution >= 0.6 is 11.8 Å². The SMILES string of the molecule is CC[C@H](N)c1ccc(Sc2ccc(C)cc2C)cc1. The maximum absolute atomic E-state index is 6.03. The molecule has 0 aromatic heterocycles. The summed E-state index contributed by atoms with van der Waals surface area (Å²) in [5.74, 6) is 0. The van der Waals surface area contributed by atoms with Gasteiger partial charge in [0.05, 0.1) is 0 Å². The number of hydrogen-bond acceptors (Lipinski definition) is 2. The van der Waals surface area contributed by atoms with Gasteiger partial charge in [-0.25, -0.2) is 0 Å². The van der Waals surface area contributed by atoms with Crippen molar-refractivity contribution in [3.8, 4) is 0 Å². The lowest BCUT2D eigenvalue weighted by molar-refractivity contribution is 0.698. The molecule has 19 heavy (non-hydrogen) atoms. The van der Waals surface area contributed by atoms with Crippen LogP contribution in [0.1, 0.15) is 36.1 Å². The molecule has 2 heteroatoms. The summed E-state index contributed by atoms with van der Waals surface area (Å²) >= 11 is 1.81. The van der Waals surface area contributed by atoms with Gasteiger partial charge >= 0.3 is 0 Å². The quantitative estimate of drug-likeness (QED) is 0.859. The van der Waals surface area contributed by atoms with Crippen molar-refractivity contribution in [2.45, 2.75) is 43.0 Å². The van der Waals surface area contributed by atoms with Crippen molar-refractivity contribution in [3.05, 3.63) is 59.2 Å². The first-order valence-corrected chi connectivity index (χ1v) is 7.52. The van der Waals surface area contributed by atoms with Gasteiger partial charge in [0.15, 0.2) is 0 Å². The third-order valence-corrected chi connectivity index (χ3v) is 4.49. The first kappa shape index (κ1) is 14.2. The summed E-state index contributed by atoms with van der Waals surface area (Å²) in [6, 6.07) is 15.3. The second kappa shape index (κ2) is 6.27. The van der Waals surface area contributed by atoms with Gasteiger partial charge in [0.1, 0.15) is 0 Å². The molecule has 0 aliphatic carbocycles. The molecule has 2 aromatic carbocycles. The number of hydrogen-bond donors (Lipinski definition) is 1. The highest BCUT2D eigenvalue weighted by Crippen LogP contribution is 2.31. The molecule has 100 valence electrons. The van der Waals surface area contributed by atoms with Crippen molar-refractivity contribution in [1.82, 2.24) is 0 Å². The maximum Gasteiger partial charge on any atom is 0.0292 e. The Kier molecular flexibility index (Phi) is 4.67. The molecule has 0 heterocycles. The Balaban J connectivity index is 2.15. The smallest absolute Gasteiger partial charge is 0.0292 e. The summed E-state index contributed by atoms with van der Waals surface area (Å²) in [4.78, 5) is 2.58. The van der Waals surface area contributed by atoms with E-state index in [2.05, 4.69) is 63.2 Å². The second-order valence-electron chi connectivity index (χ2n) is 4.95. The van der Waals surface area contributed by atoms with Crippen LogP contribution in [0.4, 0.5) is 0 Å². The van der Waals surface area contributed by atoms with E-state index in [1.807, 2.05) is 11.8 Å². The van der Waals surface area contributed by atoms with E-state index in [-0.39, 0.29) is 6.04 Å². The van der Waals surface area contributed by atoms with Crippen molar-refractivity contribution in [2.24, 2.45) is 5.73 Å². The molecule has 0 radical (unpaired) electrons. The minimum atomic E-state index is 0.153. The molecule has 0 unspecified atom stereocenters. The Morgan fingerprint density at radius 3 is 2.32 bits per heavy atom. The summed E-state index contributed by atoms with van der Waals surface area (Å²) in [6.45, 7) is 6.40. The first-order valence-electron chi connectivity index (χ1n) is 6.71. The van der Waals surface area contributed by atoms with E-state index in [1.54, 1.807) is 0 Å². The predicted molar refractivity (Wildman–Crippen MR) is 83.7 cm³/mol. The zero-order valence-electron chi connectivity index (χ0n) is 11.8. The normalized spacial score (nSPS) is 12.4. The van der Waals surface area contributed by atoms with Gasteiger partial charge in [0, 0.05) is 15.8 Å². The van der Waals surface area contributed by atoms with Gasteiger partial charge in [-0.2, -0.15) is 0 Å². The molecule has 0 bridgehead atoms. The van der Waals surface area contributed by atoms with Crippen molar-refractivity contribution in [3.63, 3.8) is 0 Å². The van der Waals surface area contributed by atoms with Gasteiger partial charge in [-0.1, -0.05) is 48.5 Å². The van der Waals surface area contributed by atoms with Crippen LogP contribution in [-0.2, 0) is 0 Å². The fourth-order valence-electron chi connectivity index (χ4n) is 2.06. The number of rotatable bonds is 4. The summed E-state index contributed by atoms with van der Waals surface area (Å²) in [7, 11) is 0. The minimum Gasteiger partial charge on any atom is -0.324 e.